The first kappa shape index (κ1) is 14.2. The summed E-state index contributed by atoms with van der Waals surface area (Å²) in [5.74, 6) is 0.659. The van der Waals surface area contributed by atoms with Gasteiger partial charge >= 0.3 is 0 Å². The van der Waals surface area contributed by atoms with Crippen molar-refractivity contribution in [3.63, 3.8) is 0 Å². The van der Waals surface area contributed by atoms with Crippen LogP contribution in [0.2, 0.25) is 0 Å². The molecule has 0 aliphatic carbocycles. The summed E-state index contributed by atoms with van der Waals surface area (Å²) in [4.78, 5) is 0. The van der Waals surface area contributed by atoms with Gasteiger partial charge in [-0.05, 0) is 24.0 Å². The average molecular weight is 238 g/mol. The van der Waals surface area contributed by atoms with Crippen LogP contribution in [-0.2, 0) is 0 Å². The molecule has 0 atom stereocenters. The second-order valence-electron chi connectivity index (χ2n) is 4.71. The summed E-state index contributed by atoms with van der Waals surface area (Å²) in [5.41, 5.74) is 3.76. The Labute approximate surface area is 111 Å². The van der Waals surface area contributed by atoms with Gasteiger partial charge in [0, 0.05) is 0 Å². The predicted octanol–water partition coefficient (Wildman–Crippen LogP) is 5.53. The van der Waals surface area contributed by atoms with Crippen molar-refractivity contribution < 1.29 is 0 Å². The van der Waals surface area contributed by atoms with Gasteiger partial charge in [-0.25, -0.2) is 0 Å². The molecule has 0 unspecified atom stereocenters. The third-order valence-electron chi connectivity index (χ3n) is 2.73. The van der Waals surface area contributed by atoms with Crippen LogP contribution in [0.5, 0.6) is 0 Å². The Kier molecular flexibility index (Phi) is 5.93. The van der Waals surface area contributed by atoms with E-state index in [-0.39, 0.29) is 0 Å². The van der Waals surface area contributed by atoms with Crippen molar-refractivity contribution >= 4 is 5.57 Å². The van der Waals surface area contributed by atoms with Gasteiger partial charge in [0.15, 0.2) is 0 Å². The van der Waals surface area contributed by atoms with Crippen LogP contribution < -0.4 is 0 Å². The third kappa shape index (κ3) is 5.01. The Morgan fingerprint density at radius 2 is 1.28 bits per heavy atom. The van der Waals surface area contributed by atoms with Crippen molar-refractivity contribution in [2.45, 2.75) is 26.7 Å². The van der Waals surface area contributed by atoms with Crippen LogP contribution >= 0.6 is 0 Å². The first-order chi connectivity index (χ1) is 8.61. The molecule has 2 aromatic carbocycles. The monoisotopic (exact) mass is 238 g/mol. The molecule has 0 aliphatic rings. The average Bonchev–Trinajstić information content (AvgIpc) is 2.41. The van der Waals surface area contributed by atoms with Crippen molar-refractivity contribution in [2.24, 2.45) is 0 Å². The lowest BCUT2D eigenvalue weighted by Crippen LogP contribution is -1.83. The molecule has 0 fully saturated rings. The normalized spacial score (nSPS) is 9.56. The lowest BCUT2D eigenvalue weighted by atomic mass is 10.0. The van der Waals surface area contributed by atoms with Crippen molar-refractivity contribution in [3.05, 3.63) is 78.4 Å². The highest BCUT2D eigenvalue weighted by Gasteiger charge is 1.93. The highest BCUT2D eigenvalue weighted by atomic mass is 14.0. The predicted molar refractivity (Wildman–Crippen MR) is 81.7 cm³/mol. The summed E-state index contributed by atoms with van der Waals surface area (Å²) in [6, 6.07) is 20.7. The van der Waals surface area contributed by atoms with Crippen LogP contribution in [0.4, 0.5) is 0 Å². The van der Waals surface area contributed by atoms with Gasteiger partial charge in [0.05, 0.1) is 0 Å². The summed E-state index contributed by atoms with van der Waals surface area (Å²) in [7, 11) is 0. The van der Waals surface area contributed by atoms with Gasteiger partial charge in [0.2, 0.25) is 0 Å². The highest BCUT2D eigenvalue weighted by molar-refractivity contribution is 5.60. The molecule has 0 heterocycles. The van der Waals surface area contributed by atoms with E-state index in [4.69, 9.17) is 0 Å². The number of hydrogen-bond donors (Lipinski definition) is 0. The molecular weight excluding hydrogens is 216 g/mol. The second-order valence-corrected chi connectivity index (χ2v) is 4.71. The third-order valence-corrected chi connectivity index (χ3v) is 2.73. The van der Waals surface area contributed by atoms with Gasteiger partial charge in [-0.15, -0.1) is 0 Å². The summed E-state index contributed by atoms with van der Waals surface area (Å²) in [5, 5.41) is 0. The Balaban J connectivity index is 0.000000180. The SMILES string of the molecule is C=C(C)c1ccccc1.CC(C)c1ccccc1. The van der Waals surface area contributed by atoms with Gasteiger partial charge in [-0.3, -0.25) is 0 Å². The van der Waals surface area contributed by atoms with Crippen molar-refractivity contribution in [2.75, 3.05) is 0 Å². The molecule has 0 aromatic heterocycles. The molecule has 2 rings (SSSR count). The van der Waals surface area contributed by atoms with E-state index in [0.29, 0.717) is 5.92 Å². The first-order valence-corrected chi connectivity index (χ1v) is 6.37. The van der Waals surface area contributed by atoms with Crippen molar-refractivity contribution in [1.82, 2.24) is 0 Å². The van der Waals surface area contributed by atoms with Gasteiger partial charge in [-0.1, -0.05) is 86.7 Å². The Hall–Kier alpha value is -1.82. The zero-order valence-corrected chi connectivity index (χ0v) is 11.6. The van der Waals surface area contributed by atoms with Crippen LogP contribution in [0.3, 0.4) is 0 Å². The van der Waals surface area contributed by atoms with Gasteiger partial charge in [0.25, 0.3) is 0 Å². The van der Waals surface area contributed by atoms with Crippen LogP contribution in [-0.4, -0.2) is 0 Å². The maximum absolute atomic E-state index is 3.83. The Bertz CT molecular complexity index is 452. The molecule has 94 valence electrons. The van der Waals surface area contributed by atoms with E-state index in [0.717, 1.165) is 5.57 Å². The smallest absolute Gasteiger partial charge is 0.0219 e. The van der Waals surface area contributed by atoms with Crippen LogP contribution in [0.25, 0.3) is 5.57 Å². The molecule has 0 nitrogen and oxygen atoms in total. The van der Waals surface area contributed by atoms with E-state index < -0.39 is 0 Å². The van der Waals surface area contributed by atoms with E-state index in [1.807, 2.05) is 31.2 Å². The molecule has 0 spiro atoms. The minimum atomic E-state index is 0.659. The lowest BCUT2D eigenvalue weighted by Gasteiger charge is -2.01. The lowest BCUT2D eigenvalue weighted by molar-refractivity contribution is 0.867. The van der Waals surface area contributed by atoms with E-state index in [1.165, 1.54) is 11.1 Å². The number of benzene rings is 2. The molecule has 18 heavy (non-hydrogen) atoms. The first-order valence-electron chi connectivity index (χ1n) is 6.37. The van der Waals surface area contributed by atoms with Gasteiger partial charge < -0.3 is 0 Å². The number of hydrogen-bond acceptors (Lipinski definition) is 0. The molecule has 2 aromatic rings. The maximum atomic E-state index is 3.83. The minimum absolute atomic E-state index is 0.659. The van der Waals surface area contributed by atoms with Gasteiger partial charge in [0.1, 0.15) is 0 Å². The van der Waals surface area contributed by atoms with E-state index >= 15 is 0 Å². The van der Waals surface area contributed by atoms with Crippen molar-refractivity contribution in [3.8, 4) is 0 Å². The topological polar surface area (TPSA) is 0 Å². The number of allylic oxidation sites excluding steroid dienone is 1. The molecule has 0 aliphatic heterocycles. The molecule has 0 radical (unpaired) electrons. The summed E-state index contributed by atoms with van der Waals surface area (Å²) >= 11 is 0. The summed E-state index contributed by atoms with van der Waals surface area (Å²) < 4.78 is 0. The van der Waals surface area contributed by atoms with Crippen LogP contribution in [0.15, 0.2) is 67.2 Å². The van der Waals surface area contributed by atoms with E-state index in [2.05, 4.69) is 56.8 Å². The fraction of sp³-hybridized carbons (Fsp3) is 0.222. The van der Waals surface area contributed by atoms with Crippen LogP contribution in [0.1, 0.15) is 37.8 Å². The molecule has 0 heteroatoms. The maximum Gasteiger partial charge on any atom is -0.0219 e. The van der Waals surface area contributed by atoms with Crippen LogP contribution in [0, 0.1) is 0 Å². The molecule has 0 N–H and O–H groups in total. The molecule has 0 saturated carbocycles. The van der Waals surface area contributed by atoms with E-state index in [9.17, 15) is 0 Å². The fourth-order valence-corrected chi connectivity index (χ4v) is 1.56. The highest BCUT2D eigenvalue weighted by Crippen LogP contribution is 2.11. The van der Waals surface area contributed by atoms with Crippen molar-refractivity contribution in [1.29, 1.82) is 0 Å². The zero-order chi connectivity index (χ0) is 13.4. The fourth-order valence-electron chi connectivity index (χ4n) is 1.56. The van der Waals surface area contributed by atoms with E-state index in [1.54, 1.807) is 0 Å². The zero-order valence-electron chi connectivity index (χ0n) is 11.6. The number of rotatable bonds is 2. The quantitative estimate of drug-likeness (QED) is 0.645. The van der Waals surface area contributed by atoms with Gasteiger partial charge in [-0.2, -0.15) is 0 Å². The Morgan fingerprint density at radius 3 is 1.56 bits per heavy atom. The standard InChI is InChI=1S/C9H12.C9H10/c2*1-8(2)9-6-4-3-5-7-9/h3-8H,1-2H3;3-7H,1H2,2H3. The molecule has 0 amide bonds. The molecule has 0 saturated heterocycles. The Morgan fingerprint density at radius 1 is 0.833 bits per heavy atom. The summed E-state index contributed by atoms with van der Waals surface area (Å²) in [6.07, 6.45) is 0. The molecule has 0 bridgehead atoms. The molecular formula is C18H22. The summed E-state index contributed by atoms with van der Waals surface area (Å²) in [6.45, 7) is 10.2. The second kappa shape index (κ2) is 7.50. The largest absolute Gasteiger partial charge is 0.0955 e. The minimum Gasteiger partial charge on any atom is -0.0955 e.